The minimum atomic E-state index is -0.320. The Morgan fingerprint density at radius 3 is 2.52 bits per heavy atom. The highest BCUT2D eigenvalue weighted by molar-refractivity contribution is 5.77. The molecule has 0 unspecified atom stereocenters. The summed E-state index contributed by atoms with van der Waals surface area (Å²) in [4.78, 5) is 18.8. The zero-order chi connectivity index (χ0) is 20.1. The van der Waals surface area contributed by atoms with Crippen molar-refractivity contribution in [1.29, 1.82) is 0 Å². The molecule has 4 rings (SSSR count). The Balaban J connectivity index is 1.27. The molecule has 0 radical (unpaired) electrons. The summed E-state index contributed by atoms with van der Waals surface area (Å²) in [5.74, 6) is 1.65. The largest absolute Gasteiger partial charge is 0.484 e. The fourth-order valence-electron chi connectivity index (χ4n) is 3.71. The van der Waals surface area contributed by atoms with Gasteiger partial charge < -0.3 is 14.2 Å². The number of piperidine rings is 1. The van der Waals surface area contributed by atoms with E-state index in [1.807, 2.05) is 35.5 Å². The Morgan fingerprint density at radius 2 is 1.79 bits per heavy atom. The van der Waals surface area contributed by atoms with Crippen LogP contribution in [-0.2, 0) is 11.3 Å². The fourth-order valence-corrected chi connectivity index (χ4v) is 3.71. The molecule has 2 heterocycles. The van der Waals surface area contributed by atoms with Crippen molar-refractivity contribution >= 4 is 5.91 Å². The van der Waals surface area contributed by atoms with Crippen LogP contribution in [0.25, 0.3) is 11.4 Å². The van der Waals surface area contributed by atoms with Gasteiger partial charge in [0.1, 0.15) is 17.4 Å². The number of hydrogen-bond donors (Lipinski definition) is 0. The van der Waals surface area contributed by atoms with Crippen LogP contribution < -0.4 is 4.74 Å². The van der Waals surface area contributed by atoms with Gasteiger partial charge in [0.25, 0.3) is 5.91 Å². The molecule has 1 amide bonds. The van der Waals surface area contributed by atoms with Gasteiger partial charge in [0.15, 0.2) is 6.61 Å². The molecule has 0 N–H and O–H groups in total. The SMILES string of the molecule is O=C(COc1ccc(F)cc1)N1CCC(Cn2ccnc2-c2ccccc2)CC1. The fraction of sp³-hybridized carbons (Fsp3) is 0.304. The van der Waals surface area contributed by atoms with E-state index in [1.54, 1.807) is 0 Å². The summed E-state index contributed by atoms with van der Waals surface area (Å²) in [6, 6.07) is 15.9. The van der Waals surface area contributed by atoms with Crippen molar-refractivity contribution in [2.45, 2.75) is 19.4 Å². The van der Waals surface area contributed by atoms with Gasteiger partial charge in [-0.15, -0.1) is 0 Å². The molecule has 3 aromatic rings. The van der Waals surface area contributed by atoms with Gasteiger partial charge in [-0.1, -0.05) is 30.3 Å². The number of nitrogens with zero attached hydrogens (tertiary/aromatic N) is 3. The number of amides is 1. The van der Waals surface area contributed by atoms with Crippen LogP contribution in [0.1, 0.15) is 12.8 Å². The molecular formula is C23H24FN3O2. The van der Waals surface area contributed by atoms with Crippen molar-refractivity contribution in [3.8, 4) is 17.1 Å². The van der Waals surface area contributed by atoms with Crippen molar-refractivity contribution in [3.63, 3.8) is 0 Å². The maximum Gasteiger partial charge on any atom is 0.260 e. The zero-order valence-electron chi connectivity index (χ0n) is 16.2. The van der Waals surface area contributed by atoms with Crippen LogP contribution >= 0.6 is 0 Å². The van der Waals surface area contributed by atoms with Gasteiger partial charge in [-0.3, -0.25) is 4.79 Å². The number of carbonyl (C=O) groups is 1. The highest BCUT2D eigenvalue weighted by Crippen LogP contribution is 2.23. The second kappa shape index (κ2) is 8.90. The smallest absolute Gasteiger partial charge is 0.260 e. The van der Waals surface area contributed by atoms with Crippen molar-refractivity contribution in [1.82, 2.24) is 14.5 Å². The first kappa shape index (κ1) is 19.2. The molecule has 0 aliphatic carbocycles. The molecule has 5 nitrogen and oxygen atoms in total. The van der Waals surface area contributed by atoms with E-state index < -0.39 is 0 Å². The van der Waals surface area contributed by atoms with Gasteiger partial charge >= 0.3 is 0 Å². The summed E-state index contributed by atoms with van der Waals surface area (Å²) in [6.07, 6.45) is 5.77. The number of likely N-dealkylation sites (tertiary alicyclic amines) is 1. The summed E-state index contributed by atoms with van der Waals surface area (Å²) in [5.41, 5.74) is 1.11. The first-order valence-electron chi connectivity index (χ1n) is 9.92. The van der Waals surface area contributed by atoms with Gasteiger partial charge in [-0.25, -0.2) is 9.37 Å². The average molecular weight is 393 g/mol. The molecule has 0 atom stereocenters. The molecule has 0 spiro atoms. The Hall–Kier alpha value is -3.15. The molecular weight excluding hydrogens is 369 g/mol. The van der Waals surface area contributed by atoms with E-state index in [2.05, 4.69) is 21.7 Å². The lowest BCUT2D eigenvalue weighted by molar-refractivity contribution is -0.134. The van der Waals surface area contributed by atoms with Crippen molar-refractivity contribution in [3.05, 3.63) is 72.8 Å². The minimum absolute atomic E-state index is 0.0179. The predicted octanol–water partition coefficient (Wildman–Crippen LogP) is 4.01. The van der Waals surface area contributed by atoms with E-state index in [0.717, 1.165) is 43.9 Å². The highest BCUT2D eigenvalue weighted by Gasteiger charge is 2.24. The van der Waals surface area contributed by atoms with E-state index >= 15 is 0 Å². The van der Waals surface area contributed by atoms with Gasteiger partial charge in [0.05, 0.1) is 0 Å². The number of rotatable bonds is 6. The summed E-state index contributed by atoms with van der Waals surface area (Å²) in [7, 11) is 0. The molecule has 1 aliphatic heterocycles. The lowest BCUT2D eigenvalue weighted by Gasteiger charge is -2.32. The molecule has 1 aromatic heterocycles. The molecule has 150 valence electrons. The number of ether oxygens (including phenoxy) is 1. The predicted molar refractivity (Wildman–Crippen MR) is 109 cm³/mol. The molecule has 1 fully saturated rings. The van der Waals surface area contributed by atoms with E-state index in [9.17, 15) is 9.18 Å². The summed E-state index contributed by atoms with van der Waals surface area (Å²) in [5, 5.41) is 0. The molecule has 0 bridgehead atoms. The maximum atomic E-state index is 12.9. The number of halogens is 1. The minimum Gasteiger partial charge on any atom is -0.484 e. The van der Waals surface area contributed by atoms with Crippen LogP contribution in [0.4, 0.5) is 4.39 Å². The molecule has 6 heteroatoms. The quantitative estimate of drug-likeness (QED) is 0.636. The molecule has 2 aromatic carbocycles. The summed E-state index contributed by atoms with van der Waals surface area (Å²) < 4.78 is 20.6. The van der Waals surface area contributed by atoms with Gasteiger partial charge in [-0.2, -0.15) is 0 Å². The van der Waals surface area contributed by atoms with Gasteiger partial charge in [-0.05, 0) is 43.0 Å². The van der Waals surface area contributed by atoms with Crippen LogP contribution in [0, 0.1) is 11.7 Å². The van der Waals surface area contributed by atoms with Crippen molar-refractivity contribution in [2.24, 2.45) is 5.92 Å². The maximum absolute atomic E-state index is 12.9. The van der Waals surface area contributed by atoms with Gasteiger partial charge in [0, 0.05) is 37.6 Å². The second-order valence-corrected chi connectivity index (χ2v) is 7.34. The van der Waals surface area contributed by atoms with E-state index in [-0.39, 0.29) is 18.3 Å². The number of imidazole rings is 1. The first-order valence-corrected chi connectivity index (χ1v) is 9.92. The summed E-state index contributed by atoms with van der Waals surface area (Å²) in [6.45, 7) is 2.34. The molecule has 1 saturated heterocycles. The van der Waals surface area contributed by atoms with Crippen LogP contribution in [0.3, 0.4) is 0 Å². The highest BCUT2D eigenvalue weighted by atomic mass is 19.1. The molecule has 29 heavy (non-hydrogen) atoms. The Labute approximate surface area is 169 Å². The van der Waals surface area contributed by atoms with Crippen LogP contribution in [0.2, 0.25) is 0 Å². The number of carbonyl (C=O) groups excluding carboxylic acids is 1. The number of aromatic nitrogens is 2. The number of hydrogen-bond acceptors (Lipinski definition) is 3. The lowest BCUT2D eigenvalue weighted by Crippen LogP contribution is -2.41. The summed E-state index contributed by atoms with van der Waals surface area (Å²) >= 11 is 0. The monoisotopic (exact) mass is 393 g/mol. The van der Waals surface area contributed by atoms with E-state index in [0.29, 0.717) is 11.7 Å². The number of benzene rings is 2. The Bertz CT molecular complexity index is 932. The Morgan fingerprint density at radius 1 is 1.07 bits per heavy atom. The second-order valence-electron chi connectivity index (χ2n) is 7.34. The zero-order valence-corrected chi connectivity index (χ0v) is 16.2. The van der Waals surface area contributed by atoms with E-state index in [1.165, 1.54) is 24.3 Å². The molecule has 0 saturated carbocycles. The first-order chi connectivity index (χ1) is 14.2. The van der Waals surface area contributed by atoms with E-state index in [4.69, 9.17) is 4.74 Å². The van der Waals surface area contributed by atoms with Crippen LogP contribution in [0.15, 0.2) is 67.0 Å². The standard InChI is InChI=1S/C23H24FN3O2/c24-20-6-8-21(9-7-20)29-17-22(28)26-13-10-18(11-14-26)16-27-15-12-25-23(27)19-4-2-1-3-5-19/h1-9,12,15,18H,10-11,13-14,16-17H2. The third-order valence-electron chi connectivity index (χ3n) is 5.35. The van der Waals surface area contributed by atoms with Crippen LogP contribution in [0.5, 0.6) is 5.75 Å². The topological polar surface area (TPSA) is 47.4 Å². The van der Waals surface area contributed by atoms with Gasteiger partial charge in [0.2, 0.25) is 0 Å². The normalized spacial score (nSPS) is 14.7. The van der Waals surface area contributed by atoms with Crippen LogP contribution in [-0.4, -0.2) is 40.1 Å². The third kappa shape index (κ3) is 4.83. The van der Waals surface area contributed by atoms with Crippen molar-refractivity contribution in [2.75, 3.05) is 19.7 Å². The van der Waals surface area contributed by atoms with Crippen molar-refractivity contribution < 1.29 is 13.9 Å². The molecule has 1 aliphatic rings. The lowest BCUT2D eigenvalue weighted by atomic mass is 9.96. The third-order valence-corrected chi connectivity index (χ3v) is 5.35. The Kier molecular flexibility index (Phi) is 5.89. The average Bonchev–Trinajstić information content (AvgIpc) is 3.22.